The molecule has 1 amide bonds. The predicted molar refractivity (Wildman–Crippen MR) is 114 cm³/mol. The second-order valence-corrected chi connectivity index (χ2v) is 8.87. The Hall–Kier alpha value is -2.74. The maximum absolute atomic E-state index is 12.5. The quantitative estimate of drug-likeness (QED) is 0.674. The van der Waals surface area contributed by atoms with Crippen LogP contribution < -0.4 is 19.1 Å². The van der Waals surface area contributed by atoms with Crippen LogP contribution in [0.1, 0.15) is 18.1 Å². The molecule has 0 aliphatic heterocycles. The zero-order valence-corrected chi connectivity index (χ0v) is 18.2. The van der Waals surface area contributed by atoms with E-state index in [1.165, 1.54) is 0 Å². The molecule has 0 radical (unpaired) electrons. The molecule has 0 aromatic heterocycles. The van der Waals surface area contributed by atoms with Crippen LogP contribution >= 0.6 is 0 Å². The van der Waals surface area contributed by atoms with E-state index < -0.39 is 15.9 Å². The molecule has 2 aromatic rings. The Labute approximate surface area is 172 Å². The number of sulfonamides is 1. The van der Waals surface area contributed by atoms with Crippen molar-refractivity contribution in [1.82, 2.24) is 5.32 Å². The van der Waals surface area contributed by atoms with E-state index in [1.54, 1.807) is 38.3 Å². The molecule has 0 fully saturated rings. The second-order valence-electron chi connectivity index (χ2n) is 6.97. The number of hydrogen-bond acceptors (Lipinski definition) is 5. The Morgan fingerprint density at radius 2 is 1.62 bits per heavy atom. The number of aryl methyl sites for hydroxylation is 2. The van der Waals surface area contributed by atoms with Gasteiger partial charge in [0.2, 0.25) is 15.9 Å². The van der Waals surface area contributed by atoms with Crippen LogP contribution in [0.3, 0.4) is 0 Å². The lowest BCUT2D eigenvalue weighted by molar-refractivity contribution is -0.120. The Morgan fingerprint density at radius 1 is 1.07 bits per heavy atom. The lowest BCUT2D eigenvalue weighted by Crippen LogP contribution is -2.45. The summed E-state index contributed by atoms with van der Waals surface area (Å²) in [5, 5.41) is 2.79. The molecule has 1 atom stereocenters. The zero-order chi connectivity index (χ0) is 21.6. The van der Waals surface area contributed by atoms with Crippen LogP contribution in [0, 0.1) is 13.8 Å². The van der Waals surface area contributed by atoms with E-state index in [1.807, 2.05) is 32.0 Å². The Kier molecular flexibility index (Phi) is 7.50. The van der Waals surface area contributed by atoms with E-state index in [2.05, 4.69) is 5.32 Å². The number of nitrogens with zero attached hydrogens (tertiary/aromatic N) is 1. The molecule has 1 N–H and O–H groups in total. The number of benzene rings is 2. The second kappa shape index (κ2) is 9.65. The van der Waals surface area contributed by atoms with Gasteiger partial charge in [-0.15, -0.1) is 0 Å². The Morgan fingerprint density at radius 3 is 2.14 bits per heavy atom. The topological polar surface area (TPSA) is 84.9 Å². The van der Waals surface area contributed by atoms with Gasteiger partial charge in [-0.1, -0.05) is 18.2 Å². The normalized spacial score (nSPS) is 12.2. The lowest BCUT2D eigenvalue weighted by atomic mass is 10.1. The van der Waals surface area contributed by atoms with E-state index in [0.29, 0.717) is 11.4 Å². The Bertz CT molecular complexity index is 922. The fraction of sp³-hybridized carbons (Fsp3) is 0.381. The lowest BCUT2D eigenvalue weighted by Gasteiger charge is -2.26. The third-order valence-electron chi connectivity index (χ3n) is 4.34. The van der Waals surface area contributed by atoms with E-state index in [4.69, 9.17) is 9.47 Å². The number of carbonyl (C=O) groups is 1. The summed E-state index contributed by atoms with van der Waals surface area (Å²) in [4.78, 5) is 12.5. The highest BCUT2D eigenvalue weighted by atomic mass is 32.2. The van der Waals surface area contributed by atoms with Gasteiger partial charge in [-0.05, 0) is 56.2 Å². The first-order chi connectivity index (χ1) is 13.6. The highest BCUT2D eigenvalue weighted by molar-refractivity contribution is 7.92. The third kappa shape index (κ3) is 6.39. The van der Waals surface area contributed by atoms with Crippen molar-refractivity contribution in [3.05, 3.63) is 53.6 Å². The maximum Gasteiger partial charge on any atom is 0.241 e. The number of methoxy groups -OCH3 is 1. The molecule has 158 valence electrons. The zero-order valence-electron chi connectivity index (χ0n) is 17.4. The van der Waals surface area contributed by atoms with Crippen LogP contribution in [0.2, 0.25) is 0 Å². The molecule has 0 saturated heterocycles. The molecule has 0 saturated carbocycles. The van der Waals surface area contributed by atoms with Gasteiger partial charge in [0, 0.05) is 0 Å². The molecular formula is C21H28N2O5S. The van der Waals surface area contributed by atoms with Crippen molar-refractivity contribution in [1.29, 1.82) is 0 Å². The van der Waals surface area contributed by atoms with Gasteiger partial charge in [0.05, 0.1) is 25.1 Å². The molecule has 29 heavy (non-hydrogen) atoms. The van der Waals surface area contributed by atoms with Crippen LogP contribution in [0.15, 0.2) is 42.5 Å². The third-order valence-corrected chi connectivity index (χ3v) is 5.46. The first-order valence-electron chi connectivity index (χ1n) is 9.22. The minimum absolute atomic E-state index is 0.250. The summed E-state index contributed by atoms with van der Waals surface area (Å²) >= 11 is 0. The van der Waals surface area contributed by atoms with E-state index in [0.717, 1.165) is 27.4 Å². The number of amides is 1. The molecule has 7 nitrogen and oxygen atoms in total. The summed E-state index contributed by atoms with van der Waals surface area (Å²) < 4.78 is 36.6. The van der Waals surface area contributed by atoms with E-state index in [-0.39, 0.29) is 19.2 Å². The number of carbonyl (C=O) groups excluding carboxylic acids is 1. The molecule has 2 aromatic carbocycles. The number of nitrogens with one attached hydrogen (secondary N) is 1. The molecule has 0 heterocycles. The minimum Gasteiger partial charge on any atom is -0.497 e. The van der Waals surface area contributed by atoms with Gasteiger partial charge in [0.25, 0.3) is 0 Å². The van der Waals surface area contributed by atoms with Gasteiger partial charge < -0.3 is 14.8 Å². The monoisotopic (exact) mass is 420 g/mol. The van der Waals surface area contributed by atoms with Gasteiger partial charge in [0.1, 0.15) is 24.7 Å². The SMILES string of the molecule is COc1ccc(OC[C@H](C)NC(=O)CN(c2c(C)cccc2C)S(C)(=O)=O)cc1. The van der Waals surface area contributed by atoms with Crippen LogP contribution in [0.5, 0.6) is 11.5 Å². The van der Waals surface area contributed by atoms with Crippen molar-refractivity contribution in [2.45, 2.75) is 26.8 Å². The summed E-state index contributed by atoms with van der Waals surface area (Å²) in [5.74, 6) is 0.982. The largest absolute Gasteiger partial charge is 0.497 e. The van der Waals surface area contributed by atoms with Crippen molar-refractivity contribution >= 4 is 21.6 Å². The fourth-order valence-corrected chi connectivity index (χ4v) is 3.92. The van der Waals surface area contributed by atoms with Gasteiger partial charge in [-0.3, -0.25) is 9.10 Å². The summed E-state index contributed by atoms with van der Waals surface area (Å²) in [6.45, 7) is 5.40. The Balaban J connectivity index is 2.00. The fourth-order valence-electron chi connectivity index (χ4n) is 2.95. The summed E-state index contributed by atoms with van der Waals surface area (Å²) in [6.07, 6.45) is 1.10. The smallest absolute Gasteiger partial charge is 0.241 e. The van der Waals surface area contributed by atoms with Crippen LogP contribution in [-0.4, -0.2) is 46.9 Å². The number of ether oxygens (including phenoxy) is 2. The van der Waals surface area contributed by atoms with Crippen molar-refractivity contribution in [2.75, 3.05) is 30.8 Å². The first kappa shape index (κ1) is 22.5. The van der Waals surface area contributed by atoms with Gasteiger partial charge in [-0.25, -0.2) is 8.42 Å². The summed E-state index contributed by atoms with van der Waals surface area (Å²) in [6, 6.07) is 12.3. The van der Waals surface area contributed by atoms with E-state index in [9.17, 15) is 13.2 Å². The molecule has 0 aliphatic carbocycles. The molecule has 2 rings (SSSR count). The molecule has 0 unspecified atom stereocenters. The highest BCUT2D eigenvalue weighted by Gasteiger charge is 2.24. The van der Waals surface area contributed by atoms with Gasteiger partial charge in [-0.2, -0.15) is 0 Å². The average molecular weight is 421 g/mol. The van der Waals surface area contributed by atoms with Crippen molar-refractivity contribution in [2.24, 2.45) is 0 Å². The molecule has 0 aliphatic rings. The van der Waals surface area contributed by atoms with Crippen molar-refractivity contribution < 1.29 is 22.7 Å². The molecule has 0 bridgehead atoms. The van der Waals surface area contributed by atoms with Gasteiger partial charge in [0.15, 0.2) is 0 Å². The van der Waals surface area contributed by atoms with Gasteiger partial charge >= 0.3 is 0 Å². The number of rotatable bonds is 9. The minimum atomic E-state index is -3.63. The summed E-state index contributed by atoms with van der Waals surface area (Å²) in [7, 11) is -2.04. The predicted octanol–water partition coefficient (Wildman–Crippen LogP) is 2.66. The highest BCUT2D eigenvalue weighted by Crippen LogP contribution is 2.26. The average Bonchev–Trinajstić information content (AvgIpc) is 2.65. The summed E-state index contributed by atoms with van der Waals surface area (Å²) in [5.41, 5.74) is 2.12. The standard InChI is InChI=1S/C21H28N2O5S/c1-15-7-6-8-16(2)21(15)23(29(5,25)26)13-20(24)22-17(3)14-28-19-11-9-18(27-4)10-12-19/h6-12,17H,13-14H2,1-5H3,(H,22,24)/t17-/m0/s1. The number of anilines is 1. The maximum atomic E-state index is 12.5. The van der Waals surface area contributed by atoms with Crippen molar-refractivity contribution in [3.8, 4) is 11.5 Å². The van der Waals surface area contributed by atoms with Crippen LogP contribution in [0.4, 0.5) is 5.69 Å². The molecule has 0 spiro atoms. The molecule has 8 heteroatoms. The number of hydrogen-bond donors (Lipinski definition) is 1. The van der Waals surface area contributed by atoms with E-state index >= 15 is 0 Å². The van der Waals surface area contributed by atoms with Crippen molar-refractivity contribution in [3.63, 3.8) is 0 Å². The number of para-hydroxylation sites is 1. The van der Waals surface area contributed by atoms with Crippen LogP contribution in [-0.2, 0) is 14.8 Å². The van der Waals surface area contributed by atoms with Crippen LogP contribution in [0.25, 0.3) is 0 Å². The first-order valence-corrected chi connectivity index (χ1v) is 11.1. The molecular weight excluding hydrogens is 392 g/mol.